The zero-order chi connectivity index (χ0) is 14.6. The summed E-state index contributed by atoms with van der Waals surface area (Å²) in [5.74, 6) is 1.96. The fraction of sp³-hybridized carbons (Fsp3) is 0.533. The van der Waals surface area contributed by atoms with E-state index < -0.39 is 5.97 Å². The number of urea groups is 1. The van der Waals surface area contributed by atoms with E-state index in [0.29, 0.717) is 23.6 Å². The van der Waals surface area contributed by atoms with Gasteiger partial charge in [0, 0.05) is 6.04 Å². The van der Waals surface area contributed by atoms with Crippen LogP contribution in [0.5, 0.6) is 0 Å². The van der Waals surface area contributed by atoms with Crippen LogP contribution in [0, 0.1) is 23.7 Å². The average Bonchev–Trinajstić information content (AvgIpc) is 2.84. The number of hydrogen-bond donors (Lipinski definition) is 3. The van der Waals surface area contributed by atoms with Crippen molar-refractivity contribution in [2.45, 2.75) is 25.3 Å². The number of anilines is 1. The van der Waals surface area contributed by atoms with Crippen LogP contribution in [0.1, 0.15) is 29.8 Å². The highest BCUT2D eigenvalue weighted by Crippen LogP contribution is 2.65. The molecule has 3 N–H and O–H groups in total. The molecule has 6 heteroatoms. The van der Waals surface area contributed by atoms with Crippen molar-refractivity contribution >= 4 is 17.7 Å². The zero-order valence-electron chi connectivity index (χ0n) is 11.5. The smallest absolute Gasteiger partial charge is 0.354 e. The third-order valence-electron chi connectivity index (χ3n) is 5.27. The van der Waals surface area contributed by atoms with Gasteiger partial charge in [-0.2, -0.15) is 0 Å². The lowest BCUT2D eigenvalue weighted by molar-refractivity contribution is 0.0690. The lowest BCUT2D eigenvalue weighted by Crippen LogP contribution is -2.33. The number of carbonyl (C=O) groups is 2. The van der Waals surface area contributed by atoms with Crippen molar-refractivity contribution in [3.05, 3.63) is 24.0 Å². The standard InChI is InChI=1S/C15H17N3O3/c19-14(20)10-4-3-9(6-16-10)17-15(21)18-13-11-7-1-2-8(5-7)12(11)13/h3-4,6-8,11-13H,1-2,5H2,(H,19,20)(H2,17,18,21). The molecule has 3 saturated carbocycles. The van der Waals surface area contributed by atoms with Gasteiger partial charge in [0.25, 0.3) is 0 Å². The van der Waals surface area contributed by atoms with E-state index in [0.717, 1.165) is 11.8 Å². The van der Waals surface area contributed by atoms with Gasteiger partial charge in [0.05, 0.1) is 11.9 Å². The second-order valence-electron chi connectivity index (χ2n) is 6.35. The van der Waals surface area contributed by atoms with Crippen molar-refractivity contribution in [3.8, 4) is 0 Å². The van der Waals surface area contributed by atoms with E-state index in [1.807, 2.05) is 0 Å². The molecule has 1 heterocycles. The van der Waals surface area contributed by atoms with Gasteiger partial charge in [-0.3, -0.25) is 0 Å². The average molecular weight is 287 g/mol. The molecule has 0 aliphatic heterocycles. The molecular formula is C15H17N3O3. The lowest BCUT2D eigenvalue weighted by Gasteiger charge is -2.11. The van der Waals surface area contributed by atoms with Gasteiger partial charge in [-0.1, -0.05) is 0 Å². The molecule has 4 rings (SSSR count). The van der Waals surface area contributed by atoms with Crippen molar-refractivity contribution in [1.29, 1.82) is 0 Å². The predicted molar refractivity (Wildman–Crippen MR) is 74.9 cm³/mol. The summed E-state index contributed by atoms with van der Waals surface area (Å²) in [5.41, 5.74) is 0.473. The van der Waals surface area contributed by atoms with Crippen LogP contribution in [-0.4, -0.2) is 28.1 Å². The van der Waals surface area contributed by atoms with Crippen LogP contribution in [0.15, 0.2) is 18.3 Å². The molecule has 1 aromatic rings. The topological polar surface area (TPSA) is 91.3 Å². The van der Waals surface area contributed by atoms with Crippen LogP contribution in [0.25, 0.3) is 0 Å². The fourth-order valence-electron chi connectivity index (χ4n) is 4.43. The Morgan fingerprint density at radius 2 is 1.90 bits per heavy atom. The first-order valence-corrected chi connectivity index (χ1v) is 7.40. The normalized spacial score (nSPS) is 35.1. The molecule has 4 unspecified atom stereocenters. The number of carbonyl (C=O) groups excluding carboxylic acids is 1. The molecule has 3 aliphatic rings. The number of aromatic nitrogens is 1. The van der Waals surface area contributed by atoms with Crippen LogP contribution in [-0.2, 0) is 0 Å². The molecule has 3 fully saturated rings. The Bertz CT molecular complexity index is 585. The first kappa shape index (κ1) is 12.6. The van der Waals surface area contributed by atoms with Gasteiger partial charge < -0.3 is 15.7 Å². The predicted octanol–water partition coefficient (Wildman–Crippen LogP) is 1.95. The van der Waals surface area contributed by atoms with Crippen molar-refractivity contribution in [2.24, 2.45) is 23.7 Å². The maximum Gasteiger partial charge on any atom is 0.354 e. The summed E-state index contributed by atoms with van der Waals surface area (Å²) in [6, 6.07) is 3.04. The maximum absolute atomic E-state index is 12.0. The molecule has 2 amide bonds. The Hall–Kier alpha value is -2.11. The van der Waals surface area contributed by atoms with Crippen LogP contribution in [0.2, 0.25) is 0 Å². The van der Waals surface area contributed by atoms with E-state index >= 15 is 0 Å². The monoisotopic (exact) mass is 287 g/mol. The second-order valence-corrected chi connectivity index (χ2v) is 6.35. The second kappa shape index (κ2) is 4.44. The number of hydrogen-bond acceptors (Lipinski definition) is 3. The Morgan fingerprint density at radius 3 is 2.48 bits per heavy atom. The third-order valence-corrected chi connectivity index (χ3v) is 5.27. The fourth-order valence-corrected chi connectivity index (χ4v) is 4.43. The summed E-state index contributed by atoms with van der Waals surface area (Å²) in [6.07, 6.45) is 5.37. The maximum atomic E-state index is 12.0. The molecule has 0 radical (unpaired) electrons. The van der Waals surface area contributed by atoms with Gasteiger partial charge in [0.15, 0.2) is 0 Å². The molecular weight excluding hydrogens is 270 g/mol. The number of carboxylic acids is 1. The number of fused-ring (bicyclic) bond motifs is 5. The van der Waals surface area contributed by atoms with Crippen molar-refractivity contribution in [1.82, 2.24) is 10.3 Å². The molecule has 6 nitrogen and oxygen atoms in total. The van der Waals surface area contributed by atoms with Crippen LogP contribution in [0.3, 0.4) is 0 Å². The Labute approximate surface area is 121 Å². The van der Waals surface area contributed by atoms with Gasteiger partial charge >= 0.3 is 12.0 Å². The van der Waals surface area contributed by atoms with Crippen molar-refractivity contribution in [3.63, 3.8) is 0 Å². The first-order valence-electron chi connectivity index (χ1n) is 7.40. The quantitative estimate of drug-likeness (QED) is 0.792. The highest BCUT2D eigenvalue weighted by atomic mass is 16.4. The highest BCUT2D eigenvalue weighted by Gasteiger charge is 2.65. The molecule has 4 atom stereocenters. The number of aromatic carboxylic acids is 1. The van der Waals surface area contributed by atoms with Crippen LogP contribution >= 0.6 is 0 Å². The zero-order valence-corrected chi connectivity index (χ0v) is 11.5. The summed E-state index contributed by atoms with van der Waals surface area (Å²) in [5, 5.41) is 14.5. The minimum atomic E-state index is -1.08. The van der Waals surface area contributed by atoms with E-state index in [4.69, 9.17) is 5.11 Å². The minimum Gasteiger partial charge on any atom is -0.477 e. The summed E-state index contributed by atoms with van der Waals surface area (Å²) in [4.78, 5) is 26.5. The van der Waals surface area contributed by atoms with Crippen LogP contribution < -0.4 is 10.6 Å². The Kier molecular flexibility index (Phi) is 2.67. The Balaban J connectivity index is 1.33. The van der Waals surface area contributed by atoms with Gasteiger partial charge in [0.1, 0.15) is 5.69 Å². The summed E-state index contributed by atoms with van der Waals surface area (Å²) in [7, 11) is 0. The van der Waals surface area contributed by atoms with E-state index in [-0.39, 0.29) is 11.7 Å². The molecule has 3 aliphatic carbocycles. The summed E-state index contributed by atoms with van der Waals surface area (Å²) < 4.78 is 0. The molecule has 0 saturated heterocycles. The Morgan fingerprint density at radius 1 is 1.19 bits per heavy atom. The van der Waals surface area contributed by atoms with Crippen LogP contribution in [0.4, 0.5) is 10.5 Å². The van der Waals surface area contributed by atoms with Gasteiger partial charge in [-0.05, 0) is 55.1 Å². The largest absolute Gasteiger partial charge is 0.477 e. The molecule has 2 bridgehead atoms. The molecule has 110 valence electrons. The number of nitrogens with one attached hydrogen (secondary N) is 2. The van der Waals surface area contributed by atoms with Gasteiger partial charge in [0.2, 0.25) is 0 Å². The number of carboxylic acid groups (broad SMARTS) is 1. The molecule has 21 heavy (non-hydrogen) atoms. The van der Waals surface area contributed by atoms with Gasteiger partial charge in [-0.25, -0.2) is 14.6 Å². The number of nitrogens with zero attached hydrogens (tertiary/aromatic N) is 1. The van der Waals surface area contributed by atoms with Crippen molar-refractivity contribution in [2.75, 3.05) is 5.32 Å². The molecule has 0 aromatic carbocycles. The third kappa shape index (κ3) is 2.05. The van der Waals surface area contributed by atoms with E-state index in [1.165, 1.54) is 31.5 Å². The minimum absolute atomic E-state index is 0.0331. The number of pyridine rings is 1. The lowest BCUT2D eigenvalue weighted by atomic mass is 10.0. The summed E-state index contributed by atoms with van der Waals surface area (Å²) >= 11 is 0. The van der Waals surface area contributed by atoms with E-state index in [9.17, 15) is 9.59 Å². The highest BCUT2D eigenvalue weighted by molar-refractivity contribution is 5.90. The van der Waals surface area contributed by atoms with Crippen molar-refractivity contribution < 1.29 is 14.7 Å². The number of rotatable bonds is 3. The van der Waals surface area contributed by atoms with Gasteiger partial charge in [-0.15, -0.1) is 0 Å². The summed E-state index contributed by atoms with van der Waals surface area (Å²) in [6.45, 7) is 0. The molecule has 0 spiro atoms. The SMILES string of the molecule is O=C(Nc1ccc(C(=O)O)nc1)NC1C2C3CCC(C3)C12. The first-order chi connectivity index (χ1) is 10.1. The molecule has 1 aromatic heterocycles. The number of amides is 2. The van der Waals surface area contributed by atoms with E-state index in [1.54, 1.807) is 6.07 Å². The van der Waals surface area contributed by atoms with E-state index in [2.05, 4.69) is 15.6 Å².